The third-order valence-electron chi connectivity index (χ3n) is 4.30. The quantitative estimate of drug-likeness (QED) is 0.527. The molecule has 1 atom stereocenters. The van der Waals surface area contributed by atoms with Gasteiger partial charge in [-0.15, -0.1) is 22.9 Å². The highest BCUT2D eigenvalue weighted by molar-refractivity contribution is 7.12. The second-order valence-corrected chi connectivity index (χ2v) is 7.50. The Kier molecular flexibility index (Phi) is 3.48. The van der Waals surface area contributed by atoms with E-state index < -0.39 is 0 Å². The summed E-state index contributed by atoms with van der Waals surface area (Å²) >= 11 is 8.59. The maximum Gasteiger partial charge on any atom is 0.0719 e. The maximum atomic E-state index is 6.67. The Hall–Kier alpha value is -1.31. The molecule has 0 saturated carbocycles. The highest BCUT2D eigenvalue weighted by Gasteiger charge is 2.19. The normalized spacial score (nSPS) is 15.3. The average molecular weight is 313 g/mol. The maximum absolute atomic E-state index is 6.67. The summed E-state index contributed by atoms with van der Waals surface area (Å²) in [6, 6.07) is 17.5. The number of hydrogen-bond acceptors (Lipinski definition) is 1. The third kappa shape index (κ3) is 2.61. The third-order valence-corrected chi connectivity index (χ3v) is 6.17. The zero-order valence-electron chi connectivity index (χ0n) is 11.8. The van der Waals surface area contributed by atoms with Gasteiger partial charge in [0, 0.05) is 9.75 Å². The molecule has 0 aliphatic heterocycles. The van der Waals surface area contributed by atoms with Gasteiger partial charge in [0.25, 0.3) is 0 Å². The van der Waals surface area contributed by atoms with Gasteiger partial charge in [-0.25, -0.2) is 0 Å². The summed E-state index contributed by atoms with van der Waals surface area (Å²) in [7, 11) is 0. The van der Waals surface area contributed by atoms with E-state index in [-0.39, 0.29) is 5.38 Å². The summed E-state index contributed by atoms with van der Waals surface area (Å²) in [5.74, 6) is 0. The highest BCUT2D eigenvalue weighted by atomic mass is 35.5. The Morgan fingerprint density at radius 1 is 1.00 bits per heavy atom. The number of rotatable bonds is 3. The SMILES string of the molecule is ClC(Cc1ccc2ccccc2c1)c1cc2c(s1)CCC2. The second kappa shape index (κ2) is 5.47. The van der Waals surface area contributed by atoms with Crippen LogP contribution in [-0.2, 0) is 19.3 Å². The fourth-order valence-corrected chi connectivity index (χ4v) is 4.79. The van der Waals surface area contributed by atoms with Crippen molar-refractivity contribution in [3.05, 3.63) is 69.4 Å². The topological polar surface area (TPSA) is 0 Å². The van der Waals surface area contributed by atoms with Crippen LogP contribution in [0.3, 0.4) is 0 Å². The lowest BCUT2D eigenvalue weighted by molar-refractivity contribution is 0.905. The molecule has 1 heterocycles. The lowest BCUT2D eigenvalue weighted by Gasteiger charge is -2.09. The number of hydrogen-bond donors (Lipinski definition) is 0. The Labute approximate surface area is 134 Å². The fourth-order valence-electron chi connectivity index (χ4n) is 3.18. The summed E-state index contributed by atoms with van der Waals surface area (Å²) in [5, 5.41) is 2.69. The van der Waals surface area contributed by atoms with Gasteiger partial charge in [0.05, 0.1) is 5.38 Å². The first kappa shape index (κ1) is 13.4. The predicted octanol–water partition coefficient (Wildman–Crippen LogP) is 5.91. The lowest BCUT2D eigenvalue weighted by atomic mass is 10.0. The second-order valence-electron chi connectivity index (χ2n) is 5.80. The van der Waals surface area contributed by atoms with Crippen molar-refractivity contribution in [1.29, 1.82) is 0 Å². The number of fused-ring (bicyclic) bond motifs is 2. The Bertz CT molecular complexity index is 766. The van der Waals surface area contributed by atoms with E-state index in [1.54, 1.807) is 10.4 Å². The van der Waals surface area contributed by atoms with Gasteiger partial charge >= 0.3 is 0 Å². The van der Waals surface area contributed by atoms with Gasteiger partial charge in [0.1, 0.15) is 0 Å². The summed E-state index contributed by atoms with van der Waals surface area (Å²) in [5.41, 5.74) is 2.86. The average Bonchev–Trinajstić information content (AvgIpc) is 3.08. The molecule has 21 heavy (non-hydrogen) atoms. The zero-order chi connectivity index (χ0) is 14.2. The molecule has 0 nitrogen and oxygen atoms in total. The van der Waals surface area contributed by atoms with Gasteiger partial charge in [-0.2, -0.15) is 0 Å². The highest BCUT2D eigenvalue weighted by Crippen LogP contribution is 2.37. The molecule has 0 saturated heterocycles. The van der Waals surface area contributed by atoms with Crippen LogP contribution in [-0.4, -0.2) is 0 Å². The van der Waals surface area contributed by atoms with Crippen molar-refractivity contribution in [2.24, 2.45) is 0 Å². The van der Waals surface area contributed by atoms with Gasteiger partial charge in [0.15, 0.2) is 0 Å². The van der Waals surface area contributed by atoms with Crippen molar-refractivity contribution in [1.82, 2.24) is 0 Å². The summed E-state index contributed by atoms with van der Waals surface area (Å²) in [6.45, 7) is 0. The minimum Gasteiger partial charge on any atom is -0.144 e. The molecule has 106 valence electrons. The Balaban J connectivity index is 1.58. The van der Waals surface area contributed by atoms with E-state index in [9.17, 15) is 0 Å². The van der Waals surface area contributed by atoms with E-state index in [1.165, 1.54) is 40.5 Å². The zero-order valence-corrected chi connectivity index (χ0v) is 13.4. The first-order chi connectivity index (χ1) is 10.3. The van der Waals surface area contributed by atoms with Crippen LogP contribution in [0.5, 0.6) is 0 Å². The molecule has 4 rings (SSSR count). The van der Waals surface area contributed by atoms with Gasteiger partial charge in [-0.3, -0.25) is 0 Å². The molecule has 0 radical (unpaired) electrons. The first-order valence-corrected chi connectivity index (χ1v) is 8.78. The molecule has 0 fully saturated rings. The van der Waals surface area contributed by atoms with E-state index in [2.05, 4.69) is 48.5 Å². The lowest BCUT2D eigenvalue weighted by Crippen LogP contribution is -1.93. The molecule has 1 aliphatic carbocycles. The van der Waals surface area contributed by atoms with Crippen LogP contribution in [0.1, 0.15) is 32.7 Å². The van der Waals surface area contributed by atoms with E-state index in [1.807, 2.05) is 11.3 Å². The van der Waals surface area contributed by atoms with Crippen molar-refractivity contribution in [3.63, 3.8) is 0 Å². The van der Waals surface area contributed by atoms with Crippen molar-refractivity contribution in [3.8, 4) is 0 Å². The smallest absolute Gasteiger partial charge is 0.0719 e. The minimum absolute atomic E-state index is 0.0989. The van der Waals surface area contributed by atoms with E-state index in [4.69, 9.17) is 11.6 Å². The number of thiophene rings is 1. The summed E-state index contributed by atoms with van der Waals surface area (Å²) in [6.07, 6.45) is 4.72. The molecule has 1 aliphatic rings. The Morgan fingerprint density at radius 3 is 2.71 bits per heavy atom. The van der Waals surface area contributed by atoms with E-state index in [0.29, 0.717) is 0 Å². The van der Waals surface area contributed by atoms with Crippen LogP contribution in [0.15, 0.2) is 48.5 Å². The number of aryl methyl sites for hydroxylation is 2. The molecule has 0 spiro atoms. The Morgan fingerprint density at radius 2 is 1.86 bits per heavy atom. The summed E-state index contributed by atoms with van der Waals surface area (Å²) in [4.78, 5) is 2.91. The van der Waals surface area contributed by atoms with Gasteiger partial charge < -0.3 is 0 Å². The number of halogens is 1. The van der Waals surface area contributed by atoms with Crippen LogP contribution < -0.4 is 0 Å². The monoisotopic (exact) mass is 312 g/mol. The van der Waals surface area contributed by atoms with E-state index in [0.717, 1.165) is 6.42 Å². The molecule has 2 aromatic carbocycles. The molecule has 1 unspecified atom stereocenters. The van der Waals surface area contributed by atoms with E-state index >= 15 is 0 Å². The van der Waals surface area contributed by atoms with Crippen molar-refractivity contribution >= 4 is 33.7 Å². The molecule has 2 heteroatoms. The van der Waals surface area contributed by atoms with Crippen LogP contribution in [0, 0.1) is 0 Å². The largest absolute Gasteiger partial charge is 0.144 e. The molecule has 3 aromatic rings. The van der Waals surface area contributed by atoms with Gasteiger partial charge in [-0.1, -0.05) is 42.5 Å². The standard InChI is InChI=1S/C19H17ClS/c20-17(19-12-16-6-3-7-18(16)21-19)11-13-8-9-14-4-1-2-5-15(14)10-13/h1-2,4-5,8-10,12,17H,3,6-7,11H2. The molecule has 0 N–H and O–H groups in total. The molecule has 0 amide bonds. The van der Waals surface area contributed by atoms with Crippen LogP contribution in [0.25, 0.3) is 10.8 Å². The first-order valence-electron chi connectivity index (χ1n) is 7.53. The van der Waals surface area contributed by atoms with Crippen molar-refractivity contribution < 1.29 is 0 Å². The molecule has 0 bridgehead atoms. The number of alkyl halides is 1. The number of benzene rings is 2. The fraction of sp³-hybridized carbons (Fsp3) is 0.263. The molecular formula is C19H17ClS. The molecular weight excluding hydrogens is 296 g/mol. The predicted molar refractivity (Wildman–Crippen MR) is 92.6 cm³/mol. The van der Waals surface area contributed by atoms with Crippen LogP contribution in [0.4, 0.5) is 0 Å². The van der Waals surface area contributed by atoms with Crippen molar-refractivity contribution in [2.45, 2.75) is 31.1 Å². The van der Waals surface area contributed by atoms with Crippen LogP contribution >= 0.6 is 22.9 Å². The summed E-state index contributed by atoms with van der Waals surface area (Å²) < 4.78 is 0. The minimum atomic E-state index is 0.0989. The van der Waals surface area contributed by atoms with Gasteiger partial charge in [-0.05, 0) is 53.6 Å². The molecule has 1 aromatic heterocycles. The van der Waals surface area contributed by atoms with Gasteiger partial charge in [0.2, 0.25) is 0 Å². The van der Waals surface area contributed by atoms with Crippen molar-refractivity contribution in [2.75, 3.05) is 0 Å². The van der Waals surface area contributed by atoms with Crippen LogP contribution in [0.2, 0.25) is 0 Å².